The van der Waals surface area contributed by atoms with Gasteiger partial charge in [0, 0.05) is 23.7 Å². The molecule has 2 aromatic heterocycles. The van der Waals surface area contributed by atoms with Crippen LogP contribution in [0.3, 0.4) is 0 Å². The number of ether oxygens (including phenoxy) is 1. The largest absolute Gasteiger partial charge is 0.379 e. The van der Waals surface area contributed by atoms with Crippen LogP contribution in [0.15, 0.2) is 18.2 Å². The molecular weight excluding hydrogens is 423 g/mol. The van der Waals surface area contributed by atoms with E-state index in [1.54, 1.807) is 23.5 Å². The molecule has 0 saturated carbocycles. The number of nitrogens with zero attached hydrogens (tertiary/aromatic N) is 3. The molecule has 3 aromatic rings. The van der Waals surface area contributed by atoms with Gasteiger partial charge in [0.1, 0.15) is 22.3 Å². The SMILES string of the molecule is C[C@H]1CCc2c(sc3nc(CN4CCOCC4)nc(Nc4ccc(F)c(Cl)c4)c23)C1. The van der Waals surface area contributed by atoms with Gasteiger partial charge in [-0.2, -0.15) is 0 Å². The molecule has 0 radical (unpaired) electrons. The fourth-order valence-corrected chi connectivity index (χ4v) is 5.80. The van der Waals surface area contributed by atoms with Crippen molar-refractivity contribution < 1.29 is 9.13 Å². The minimum absolute atomic E-state index is 0.0972. The van der Waals surface area contributed by atoms with Crippen LogP contribution in [-0.4, -0.2) is 41.2 Å². The van der Waals surface area contributed by atoms with Crippen LogP contribution >= 0.6 is 22.9 Å². The number of nitrogens with one attached hydrogen (secondary N) is 1. The molecule has 1 saturated heterocycles. The molecule has 5 rings (SSSR count). The zero-order chi connectivity index (χ0) is 20.7. The fourth-order valence-electron chi connectivity index (χ4n) is 4.22. The Morgan fingerprint density at radius 3 is 2.93 bits per heavy atom. The molecule has 2 aliphatic rings. The highest BCUT2D eigenvalue weighted by Crippen LogP contribution is 2.41. The van der Waals surface area contributed by atoms with Crippen molar-refractivity contribution in [2.24, 2.45) is 5.92 Å². The number of morpholine rings is 1. The average molecular weight is 447 g/mol. The fraction of sp³-hybridized carbons (Fsp3) is 0.455. The molecule has 0 bridgehead atoms. The zero-order valence-corrected chi connectivity index (χ0v) is 18.5. The number of fused-ring (bicyclic) bond motifs is 3. The zero-order valence-electron chi connectivity index (χ0n) is 16.9. The second-order valence-corrected chi connectivity index (χ2v) is 9.65. The van der Waals surface area contributed by atoms with Crippen molar-refractivity contribution in [3.05, 3.63) is 45.3 Å². The van der Waals surface area contributed by atoms with E-state index in [1.807, 2.05) is 0 Å². The van der Waals surface area contributed by atoms with Gasteiger partial charge in [0.2, 0.25) is 0 Å². The molecule has 5 nitrogen and oxygen atoms in total. The highest BCUT2D eigenvalue weighted by atomic mass is 35.5. The Balaban J connectivity index is 1.56. The predicted octanol–water partition coefficient (Wildman–Crippen LogP) is 5.18. The summed E-state index contributed by atoms with van der Waals surface area (Å²) in [7, 11) is 0. The standard InChI is InChI=1S/C22H24ClFN4OS/c1-13-2-4-15-18(10-13)30-22-20(15)21(25-14-3-5-17(24)16(23)11-14)26-19(27-22)12-28-6-8-29-9-7-28/h3,5,11,13H,2,4,6-10,12H2,1H3,(H,25,26,27)/t13-/m0/s1. The summed E-state index contributed by atoms with van der Waals surface area (Å²) in [6.07, 6.45) is 3.31. The topological polar surface area (TPSA) is 50.3 Å². The molecule has 30 heavy (non-hydrogen) atoms. The first-order chi connectivity index (χ1) is 14.6. The molecule has 1 fully saturated rings. The predicted molar refractivity (Wildman–Crippen MR) is 119 cm³/mol. The Hall–Kier alpha value is -1.80. The average Bonchev–Trinajstić information content (AvgIpc) is 3.09. The molecule has 1 atom stereocenters. The number of aryl methyl sites for hydroxylation is 1. The molecule has 158 valence electrons. The van der Waals surface area contributed by atoms with Crippen molar-refractivity contribution in [1.29, 1.82) is 0 Å². The minimum atomic E-state index is -0.426. The third-order valence-electron chi connectivity index (χ3n) is 5.85. The molecule has 1 aromatic carbocycles. The number of thiophene rings is 1. The monoisotopic (exact) mass is 446 g/mol. The first-order valence-electron chi connectivity index (χ1n) is 10.4. The van der Waals surface area contributed by atoms with E-state index in [9.17, 15) is 4.39 Å². The molecule has 0 unspecified atom stereocenters. The Morgan fingerprint density at radius 2 is 2.13 bits per heavy atom. The summed E-state index contributed by atoms with van der Waals surface area (Å²) < 4.78 is 19.1. The molecule has 1 aliphatic carbocycles. The summed E-state index contributed by atoms with van der Waals surface area (Å²) in [4.78, 5) is 14.6. The summed E-state index contributed by atoms with van der Waals surface area (Å²) in [5, 5.41) is 4.60. The van der Waals surface area contributed by atoms with E-state index in [-0.39, 0.29) is 5.02 Å². The Kier molecular flexibility index (Phi) is 5.62. The van der Waals surface area contributed by atoms with Crippen LogP contribution in [0.5, 0.6) is 0 Å². The van der Waals surface area contributed by atoms with Crippen LogP contribution in [0.25, 0.3) is 10.2 Å². The van der Waals surface area contributed by atoms with Crippen molar-refractivity contribution in [3.63, 3.8) is 0 Å². The van der Waals surface area contributed by atoms with E-state index >= 15 is 0 Å². The molecule has 0 spiro atoms. The molecular formula is C22H24ClFN4OS. The molecule has 0 amide bonds. The number of halogens is 2. The summed E-state index contributed by atoms with van der Waals surface area (Å²) in [5.74, 6) is 1.85. The van der Waals surface area contributed by atoms with Crippen LogP contribution in [-0.2, 0) is 24.1 Å². The van der Waals surface area contributed by atoms with E-state index in [0.29, 0.717) is 12.5 Å². The Labute approximate surface area is 184 Å². The van der Waals surface area contributed by atoms with E-state index in [1.165, 1.54) is 22.9 Å². The number of rotatable bonds is 4. The second kappa shape index (κ2) is 8.38. The lowest BCUT2D eigenvalue weighted by atomic mass is 9.89. The first kappa shape index (κ1) is 20.1. The van der Waals surface area contributed by atoms with Gasteiger partial charge in [-0.3, -0.25) is 4.90 Å². The molecule has 8 heteroatoms. The van der Waals surface area contributed by atoms with Gasteiger partial charge in [0.15, 0.2) is 0 Å². The summed E-state index contributed by atoms with van der Waals surface area (Å²) >= 11 is 7.79. The number of hydrogen-bond donors (Lipinski definition) is 1. The van der Waals surface area contributed by atoms with Gasteiger partial charge in [0.25, 0.3) is 0 Å². The number of benzene rings is 1. The highest BCUT2D eigenvalue weighted by Gasteiger charge is 2.25. The third kappa shape index (κ3) is 4.04. The van der Waals surface area contributed by atoms with E-state index < -0.39 is 5.82 Å². The van der Waals surface area contributed by atoms with Gasteiger partial charge in [-0.15, -0.1) is 11.3 Å². The number of anilines is 2. The van der Waals surface area contributed by atoms with Gasteiger partial charge in [-0.25, -0.2) is 14.4 Å². The smallest absolute Gasteiger partial charge is 0.146 e. The molecule has 1 N–H and O–H groups in total. The van der Waals surface area contributed by atoms with Crippen LogP contribution in [0.4, 0.5) is 15.9 Å². The number of aromatic nitrogens is 2. The van der Waals surface area contributed by atoms with Crippen molar-refractivity contribution in [2.75, 3.05) is 31.6 Å². The van der Waals surface area contributed by atoms with E-state index in [4.69, 9.17) is 26.3 Å². The van der Waals surface area contributed by atoms with Gasteiger partial charge in [-0.05, 0) is 48.9 Å². The van der Waals surface area contributed by atoms with Crippen molar-refractivity contribution >= 4 is 44.7 Å². The van der Waals surface area contributed by atoms with Crippen molar-refractivity contribution in [2.45, 2.75) is 32.7 Å². The van der Waals surface area contributed by atoms with Crippen LogP contribution in [0.1, 0.15) is 29.6 Å². The lowest BCUT2D eigenvalue weighted by Gasteiger charge is -2.26. The normalized spacial score (nSPS) is 19.8. The Morgan fingerprint density at radius 1 is 1.30 bits per heavy atom. The summed E-state index contributed by atoms with van der Waals surface area (Å²) in [5.41, 5.74) is 2.09. The van der Waals surface area contributed by atoms with Crippen molar-refractivity contribution in [1.82, 2.24) is 14.9 Å². The van der Waals surface area contributed by atoms with Gasteiger partial charge >= 0.3 is 0 Å². The quantitative estimate of drug-likeness (QED) is 0.598. The van der Waals surface area contributed by atoms with Crippen molar-refractivity contribution in [3.8, 4) is 0 Å². The maximum atomic E-state index is 13.6. The molecule has 1 aliphatic heterocycles. The van der Waals surface area contributed by atoms with Gasteiger partial charge in [-0.1, -0.05) is 18.5 Å². The summed E-state index contributed by atoms with van der Waals surface area (Å²) in [6, 6.07) is 4.67. The summed E-state index contributed by atoms with van der Waals surface area (Å²) in [6.45, 7) is 6.26. The first-order valence-corrected chi connectivity index (χ1v) is 11.6. The minimum Gasteiger partial charge on any atom is -0.379 e. The van der Waals surface area contributed by atoms with Gasteiger partial charge < -0.3 is 10.1 Å². The number of hydrogen-bond acceptors (Lipinski definition) is 6. The van der Waals surface area contributed by atoms with E-state index in [0.717, 1.165) is 66.7 Å². The highest BCUT2D eigenvalue weighted by molar-refractivity contribution is 7.19. The lowest BCUT2D eigenvalue weighted by Crippen LogP contribution is -2.36. The Bertz CT molecular complexity index is 1080. The van der Waals surface area contributed by atoms with Crippen LogP contribution < -0.4 is 5.32 Å². The van der Waals surface area contributed by atoms with E-state index in [2.05, 4.69) is 17.1 Å². The van der Waals surface area contributed by atoms with Crippen LogP contribution in [0.2, 0.25) is 5.02 Å². The maximum absolute atomic E-state index is 13.6. The molecule has 3 heterocycles. The maximum Gasteiger partial charge on any atom is 0.146 e. The third-order valence-corrected chi connectivity index (χ3v) is 7.29. The van der Waals surface area contributed by atoms with Gasteiger partial charge in [0.05, 0.1) is 30.2 Å². The van der Waals surface area contributed by atoms with Crippen LogP contribution in [0, 0.1) is 11.7 Å². The lowest BCUT2D eigenvalue weighted by molar-refractivity contribution is 0.0331. The second-order valence-electron chi connectivity index (χ2n) is 8.16.